The van der Waals surface area contributed by atoms with E-state index in [9.17, 15) is 10.1 Å². The van der Waals surface area contributed by atoms with Crippen molar-refractivity contribution in [3.05, 3.63) is 55.8 Å². The van der Waals surface area contributed by atoms with E-state index in [-0.39, 0.29) is 10.6 Å². The number of hydrogen-bond donors (Lipinski definition) is 1. The molecule has 4 nitrogen and oxygen atoms in total. The summed E-state index contributed by atoms with van der Waals surface area (Å²) in [5.41, 5.74) is 2.70. The fraction of sp³-hybridized carbons (Fsp3) is 0.231. The quantitative estimate of drug-likeness (QED) is 0.672. The maximum absolute atomic E-state index is 10.9. The third-order valence-corrected chi connectivity index (χ3v) is 3.65. The number of nitro benzene ring substituents is 1. The van der Waals surface area contributed by atoms with E-state index in [2.05, 4.69) is 5.32 Å². The summed E-state index contributed by atoms with van der Waals surface area (Å²) in [6.07, 6.45) is 0. The van der Waals surface area contributed by atoms with Crippen LogP contribution in [-0.2, 0) is 6.54 Å². The molecule has 0 saturated heterocycles. The number of anilines is 1. The van der Waals surface area contributed by atoms with E-state index in [4.69, 9.17) is 0 Å². The molecule has 0 radical (unpaired) electrons. The zero-order valence-electron chi connectivity index (χ0n) is 10.3. The summed E-state index contributed by atoms with van der Waals surface area (Å²) in [4.78, 5) is 11.8. The molecule has 0 unspecified atom stereocenters. The second-order valence-corrected chi connectivity index (χ2v) is 5.18. The zero-order chi connectivity index (χ0) is 13.1. The molecule has 2 rings (SSSR count). The van der Waals surface area contributed by atoms with Gasteiger partial charge in [-0.05, 0) is 36.9 Å². The number of aryl methyl sites for hydroxylation is 2. The molecule has 0 atom stereocenters. The summed E-state index contributed by atoms with van der Waals surface area (Å²) in [5, 5.41) is 16.2. The highest BCUT2D eigenvalue weighted by atomic mass is 32.1. The minimum Gasteiger partial charge on any atom is -0.380 e. The Morgan fingerprint density at radius 2 is 2.11 bits per heavy atom. The average Bonchev–Trinajstić information content (AvgIpc) is 2.80. The van der Waals surface area contributed by atoms with E-state index in [1.807, 2.05) is 30.5 Å². The van der Waals surface area contributed by atoms with Crippen molar-refractivity contribution in [2.24, 2.45) is 0 Å². The van der Waals surface area contributed by atoms with Crippen LogP contribution < -0.4 is 5.32 Å². The minimum absolute atomic E-state index is 0.161. The van der Waals surface area contributed by atoms with E-state index < -0.39 is 0 Å². The molecule has 1 aromatic heterocycles. The van der Waals surface area contributed by atoms with Crippen LogP contribution in [-0.4, -0.2) is 4.92 Å². The Kier molecular flexibility index (Phi) is 3.62. The SMILES string of the molecule is Cc1cc(C)c([N+](=O)[O-])cc1NCc1cccs1. The number of nitrogens with one attached hydrogen (secondary N) is 1. The lowest BCUT2D eigenvalue weighted by molar-refractivity contribution is -0.385. The first-order valence-electron chi connectivity index (χ1n) is 5.60. The standard InChI is InChI=1S/C13H14N2O2S/c1-9-6-10(2)13(15(16)17)7-12(9)14-8-11-4-3-5-18-11/h3-7,14H,8H2,1-2H3. The first-order chi connectivity index (χ1) is 8.58. The van der Waals surface area contributed by atoms with Gasteiger partial charge in [0.05, 0.1) is 4.92 Å². The maximum Gasteiger partial charge on any atom is 0.274 e. The van der Waals surface area contributed by atoms with E-state index >= 15 is 0 Å². The Morgan fingerprint density at radius 1 is 1.33 bits per heavy atom. The van der Waals surface area contributed by atoms with E-state index in [1.165, 1.54) is 4.88 Å². The highest BCUT2D eigenvalue weighted by Crippen LogP contribution is 2.26. The second kappa shape index (κ2) is 5.18. The highest BCUT2D eigenvalue weighted by Gasteiger charge is 2.13. The Bertz CT molecular complexity index is 565. The molecule has 1 heterocycles. The summed E-state index contributed by atoms with van der Waals surface area (Å²) in [7, 11) is 0. The first-order valence-corrected chi connectivity index (χ1v) is 6.48. The van der Waals surface area contributed by atoms with Gasteiger partial charge in [-0.25, -0.2) is 0 Å². The minimum atomic E-state index is -0.342. The summed E-state index contributed by atoms with van der Waals surface area (Å²) in [5.74, 6) is 0. The van der Waals surface area contributed by atoms with Crippen LogP contribution in [0.4, 0.5) is 11.4 Å². The Labute approximate surface area is 109 Å². The molecule has 18 heavy (non-hydrogen) atoms. The molecule has 0 aliphatic heterocycles. The molecule has 0 amide bonds. The topological polar surface area (TPSA) is 55.2 Å². The third-order valence-electron chi connectivity index (χ3n) is 2.77. The summed E-state index contributed by atoms with van der Waals surface area (Å²) in [6.45, 7) is 4.40. The van der Waals surface area contributed by atoms with Gasteiger partial charge in [0.2, 0.25) is 0 Å². The van der Waals surface area contributed by atoms with E-state index in [0.717, 1.165) is 11.3 Å². The van der Waals surface area contributed by atoms with Gasteiger partial charge in [-0.2, -0.15) is 0 Å². The molecule has 0 saturated carbocycles. The normalized spacial score (nSPS) is 10.3. The Balaban J connectivity index is 2.22. The van der Waals surface area contributed by atoms with Crippen LogP contribution in [0.15, 0.2) is 29.6 Å². The Hall–Kier alpha value is -1.88. The van der Waals surface area contributed by atoms with Gasteiger partial charge in [-0.15, -0.1) is 11.3 Å². The van der Waals surface area contributed by atoms with Gasteiger partial charge in [0.25, 0.3) is 5.69 Å². The van der Waals surface area contributed by atoms with Gasteiger partial charge in [0.15, 0.2) is 0 Å². The largest absolute Gasteiger partial charge is 0.380 e. The first kappa shape index (κ1) is 12.6. The number of nitro groups is 1. The lowest BCUT2D eigenvalue weighted by Gasteiger charge is -2.09. The molecule has 2 aromatic rings. The van der Waals surface area contributed by atoms with Gasteiger partial charge >= 0.3 is 0 Å². The number of thiophene rings is 1. The van der Waals surface area contributed by atoms with Crippen molar-refractivity contribution in [2.45, 2.75) is 20.4 Å². The predicted octanol–water partition coefficient (Wildman–Crippen LogP) is 3.89. The molecule has 0 bridgehead atoms. The van der Waals surface area contributed by atoms with Crippen molar-refractivity contribution in [1.29, 1.82) is 0 Å². The highest BCUT2D eigenvalue weighted by molar-refractivity contribution is 7.09. The average molecular weight is 262 g/mol. The van der Waals surface area contributed by atoms with Crippen LogP contribution >= 0.6 is 11.3 Å². The van der Waals surface area contributed by atoms with Gasteiger partial charge in [-0.1, -0.05) is 6.07 Å². The van der Waals surface area contributed by atoms with Gasteiger partial charge < -0.3 is 5.32 Å². The summed E-state index contributed by atoms with van der Waals surface area (Å²) >= 11 is 1.67. The van der Waals surface area contributed by atoms with Crippen molar-refractivity contribution in [3.8, 4) is 0 Å². The summed E-state index contributed by atoms with van der Waals surface area (Å²) in [6, 6.07) is 7.48. The lowest BCUT2D eigenvalue weighted by atomic mass is 10.1. The van der Waals surface area contributed by atoms with Crippen molar-refractivity contribution in [3.63, 3.8) is 0 Å². The fourth-order valence-corrected chi connectivity index (χ4v) is 2.47. The predicted molar refractivity (Wildman–Crippen MR) is 74.2 cm³/mol. The van der Waals surface area contributed by atoms with Gasteiger partial charge in [0.1, 0.15) is 0 Å². The monoisotopic (exact) mass is 262 g/mol. The van der Waals surface area contributed by atoms with Crippen LogP contribution in [0.25, 0.3) is 0 Å². The molecule has 94 valence electrons. The number of benzene rings is 1. The molecule has 0 fully saturated rings. The molecule has 5 heteroatoms. The van der Waals surface area contributed by atoms with Crippen LogP contribution in [0, 0.1) is 24.0 Å². The van der Waals surface area contributed by atoms with Crippen molar-refractivity contribution >= 4 is 22.7 Å². The van der Waals surface area contributed by atoms with Crippen molar-refractivity contribution in [1.82, 2.24) is 0 Å². The van der Waals surface area contributed by atoms with Gasteiger partial charge in [0, 0.05) is 28.7 Å². The molecule has 1 aromatic carbocycles. The number of nitrogens with zero attached hydrogens (tertiary/aromatic N) is 1. The zero-order valence-corrected chi connectivity index (χ0v) is 11.1. The van der Waals surface area contributed by atoms with Crippen LogP contribution in [0.1, 0.15) is 16.0 Å². The molecule has 0 aliphatic carbocycles. The van der Waals surface area contributed by atoms with Crippen molar-refractivity contribution < 1.29 is 4.92 Å². The lowest BCUT2D eigenvalue weighted by Crippen LogP contribution is -2.01. The molecule has 0 spiro atoms. The molecular weight excluding hydrogens is 248 g/mol. The number of rotatable bonds is 4. The molecule has 1 N–H and O–H groups in total. The van der Waals surface area contributed by atoms with Crippen LogP contribution in [0.5, 0.6) is 0 Å². The third kappa shape index (κ3) is 2.68. The molecular formula is C13H14N2O2S. The maximum atomic E-state index is 10.9. The molecule has 0 aliphatic rings. The van der Waals surface area contributed by atoms with Gasteiger partial charge in [-0.3, -0.25) is 10.1 Å². The van der Waals surface area contributed by atoms with Crippen LogP contribution in [0.3, 0.4) is 0 Å². The van der Waals surface area contributed by atoms with Crippen LogP contribution in [0.2, 0.25) is 0 Å². The smallest absolute Gasteiger partial charge is 0.274 e. The second-order valence-electron chi connectivity index (χ2n) is 4.14. The number of hydrogen-bond acceptors (Lipinski definition) is 4. The van der Waals surface area contributed by atoms with E-state index in [1.54, 1.807) is 24.3 Å². The fourth-order valence-electron chi connectivity index (χ4n) is 1.82. The Morgan fingerprint density at radius 3 is 2.72 bits per heavy atom. The summed E-state index contributed by atoms with van der Waals surface area (Å²) < 4.78 is 0. The van der Waals surface area contributed by atoms with E-state index in [0.29, 0.717) is 12.1 Å². The van der Waals surface area contributed by atoms with Crippen molar-refractivity contribution in [2.75, 3.05) is 5.32 Å².